The first kappa shape index (κ1) is 20.8. The number of thiazole rings is 1. The maximum Gasteiger partial charge on any atom is 0.243 e. The van der Waals surface area contributed by atoms with Gasteiger partial charge in [-0.3, -0.25) is 19.4 Å². The first-order chi connectivity index (χ1) is 12.3. The highest BCUT2D eigenvalue weighted by molar-refractivity contribution is 7.15. The molecule has 2 amide bonds. The van der Waals surface area contributed by atoms with E-state index in [2.05, 4.69) is 32.3 Å². The summed E-state index contributed by atoms with van der Waals surface area (Å²) in [5.41, 5.74) is 0.960. The molecular formula is C18H31N5O2S. The fourth-order valence-electron chi connectivity index (χ4n) is 2.84. The lowest BCUT2D eigenvalue weighted by Crippen LogP contribution is -2.54. The molecule has 1 aliphatic rings. The molecule has 1 aromatic heterocycles. The molecule has 26 heavy (non-hydrogen) atoms. The summed E-state index contributed by atoms with van der Waals surface area (Å²) >= 11 is 1.51. The molecule has 0 aromatic carbocycles. The summed E-state index contributed by atoms with van der Waals surface area (Å²) < 4.78 is 0. The van der Waals surface area contributed by atoms with Gasteiger partial charge in [-0.2, -0.15) is 0 Å². The molecule has 1 fully saturated rings. The number of hydrogen-bond donors (Lipinski definition) is 2. The van der Waals surface area contributed by atoms with Crippen LogP contribution in [0, 0.1) is 13.8 Å². The van der Waals surface area contributed by atoms with Gasteiger partial charge in [-0.1, -0.05) is 6.92 Å². The van der Waals surface area contributed by atoms with E-state index in [-0.39, 0.29) is 23.9 Å². The van der Waals surface area contributed by atoms with E-state index < -0.39 is 0 Å². The summed E-state index contributed by atoms with van der Waals surface area (Å²) in [5, 5.41) is 6.58. The second-order valence-electron chi connectivity index (χ2n) is 7.01. The van der Waals surface area contributed by atoms with E-state index in [0.29, 0.717) is 11.7 Å². The van der Waals surface area contributed by atoms with Crippen LogP contribution >= 0.6 is 11.3 Å². The lowest BCUT2D eigenvalue weighted by Gasteiger charge is -2.37. The Balaban J connectivity index is 1.77. The zero-order valence-corrected chi connectivity index (χ0v) is 17.3. The predicted molar refractivity (Wildman–Crippen MR) is 106 cm³/mol. The molecule has 1 aliphatic heterocycles. The predicted octanol–water partition coefficient (Wildman–Crippen LogP) is 1.62. The Labute approximate surface area is 160 Å². The highest BCUT2D eigenvalue weighted by Crippen LogP contribution is 2.21. The average molecular weight is 382 g/mol. The van der Waals surface area contributed by atoms with Gasteiger partial charge in [0.1, 0.15) is 0 Å². The summed E-state index contributed by atoms with van der Waals surface area (Å²) in [4.78, 5) is 34.3. The van der Waals surface area contributed by atoms with E-state index in [1.807, 2.05) is 27.7 Å². The molecule has 8 heteroatoms. The minimum atomic E-state index is -0.212. The summed E-state index contributed by atoms with van der Waals surface area (Å²) in [6.45, 7) is 13.5. The third kappa shape index (κ3) is 5.75. The van der Waals surface area contributed by atoms with Crippen LogP contribution in [-0.2, 0) is 9.59 Å². The van der Waals surface area contributed by atoms with Crippen molar-refractivity contribution in [3.05, 3.63) is 10.6 Å². The SMILES string of the molecule is CCC(C)NC(=O)CN1CCN(C(C)C(=O)Nc2nc(C)c(C)s2)CC1. The summed E-state index contributed by atoms with van der Waals surface area (Å²) in [7, 11) is 0. The van der Waals surface area contributed by atoms with Gasteiger partial charge in [-0.05, 0) is 34.1 Å². The van der Waals surface area contributed by atoms with Crippen LogP contribution < -0.4 is 10.6 Å². The molecule has 7 nitrogen and oxygen atoms in total. The van der Waals surface area contributed by atoms with Gasteiger partial charge in [0.25, 0.3) is 0 Å². The van der Waals surface area contributed by atoms with Crippen LogP contribution in [0.4, 0.5) is 5.13 Å². The molecule has 0 aliphatic carbocycles. The summed E-state index contributed by atoms with van der Waals surface area (Å²) in [6, 6.07) is 0.00115. The third-order valence-corrected chi connectivity index (χ3v) is 5.97. The minimum Gasteiger partial charge on any atom is -0.353 e. The Kier molecular flexibility index (Phi) is 7.55. The Hall–Kier alpha value is -1.51. The van der Waals surface area contributed by atoms with Gasteiger partial charge in [0, 0.05) is 37.1 Å². The first-order valence-corrected chi connectivity index (χ1v) is 10.1. The molecule has 1 saturated heterocycles. The number of amides is 2. The van der Waals surface area contributed by atoms with Crippen molar-refractivity contribution in [2.75, 3.05) is 38.0 Å². The van der Waals surface area contributed by atoms with Crippen LogP contribution in [0.2, 0.25) is 0 Å². The fraction of sp³-hybridized carbons (Fsp3) is 0.722. The van der Waals surface area contributed by atoms with Gasteiger partial charge in [0.15, 0.2) is 5.13 Å². The largest absolute Gasteiger partial charge is 0.353 e. The van der Waals surface area contributed by atoms with Crippen LogP contribution in [0.25, 0.3) is 0 Å². The number of aryl methyl sites for hydroxylation is 2. The van der Waals surface area contributed by atoms with Gasteiger partial charge in [0.2, 0.25) is 11.8 Å². The van der Waals surface area contributed by atoms with Crippen molar-refractivity contribution < 1.29 is 9.59 Å². The smallest absolute Gasteiger partial charge is 0.243 e. The molecule has 2 atom stereocenters. The monoisotopic (exact) mass is 381 g/mol. The number of carbonyl (C=O) groups excluding carboxylic acids is 2. The Morgan fingerprint density at radius 2 is 1.85 bits per heavy atom. The van der Waals surface area contributed by atoms with Crippen LogP contribution in [0.3, 0.4) is 0 Å². The van der Waals surface area contributed by atoms with Crippen molar-refractivity contribution in [3.8, 4) is 0 Å². The molecule has 0 saturated carbocycles. The molecule has 0 bridgehead atoms. The highest BCUT2D eigenvalue weighted by Gasteiger charge is 2.27. The summed E-state index contributed by atoms with van der Waals surface area (Å²) in [5.74, 6) is 0.0508. The van der Waals surface area contributed by atoms with Crippen LogP contribution in [0.5, 0.6) is 0 Å². The number of hydrogen-bond acceptors (Lipinski definition) is 6. The van der Waals surface area contributed by atoms with E-state index in [1.54, 1.807) is 0 Å². The van der Waals surface area contributed by atoms with Crippen LogP contribution in [-0.4, -0.2) is 71.4 Å². The first-order valence-electron chi connectivity index (χ1n) is 9.30. The van der Waals surface area contributed by atoms with Gasteiger partial charge >= 0.3 is 0 Å². The van der Waals surface area contributed by atoms with E-state index in [0.717, 1.165) is 43.2 Å². The Morgan fingerprint density at radius 1 is 1.19 bits per heavy atom. The van der Waals surface area contributed by atoms with E-state index in [1.165, 1.54) is 11.3 Å². The normalized spacial score (nSPS) is 18.3. The van der Waals surface area contributed by atoms with Gasteiger partial charge in [-0.15, -0.1) is 11.3 Å². The zero-order chi connectivity index (χ0) is 19.3. The number of aromatic nitrogens is 1. The number of piperazine rings is 1. The topological polar surface area (TPSA) is 77.6 Å². The van der Waals surface area contributed by atoms with Crippen molar-refractivity contribution in [2.45, 2.75) is 53.1 Å². The second kappa shape index (κ2) is 9.43. The number of carbonyl (C=O) groups is 2. The fourth-order valence-corrected chi connectivity index (χ4v) is 3.65. The molecule has 2 unspecified atom stereocenters. The molecule has 2 heterocycles. The molecule has 0 spiro atoms. The zero-order valence-electron chi connectivity index (χ0n) is 16.5. The molecule has 2 N–H and O–H groups in total. The molecule has 2 rings (SSSR count). The number of nitrogens with zero attached hydrogens (tertiary/aromatic N) is 3. The van der Waals surface area contributed by atoms with Crippen molar-refractivity contribution in [1.29, 1.82) is 0 Å². The minimum absolute atomic E-state index is 0.0262. The van der Waals surface area contributed by atoms with E-state index >= 15 is 0 Å². The molecule has 146 valence electrons. The summed E-state index contributed by atoms with van der Waals surface area (Å²) in [6.07, 6.45) is 0.935. The molecule has 1 aromatic rings. The quantitative estimate of drug-likeness (QED) is 0.750. The average Bonchev–Trinajstić information content (AvgIpc) is 2.92. The highest BCUT2D eigenvalue weighted by atomic mass is 32.1. The molecular weight excluding hydrogens is 350 g/mol. The lowest BCUT2D eigenvalue weighted by molar-refractivity contribution is -0.125. The van der Waals surface area contributed by atoms with Crippen molar-refractivity contribution in [3.63, 3.8) is 0 Å². The second-order valence-corrected chi connectivity index (χ2v) is 8.22. The Bertz CT molecular complexity index is 606. The Morgan fingerprint density at radius 3 is 2.38 bits per heavy atom. The number of nitrogens with one attached hydrogen (secondary N) is 2. The standard InChI is InChI=1S/C18H31N5O2S/c1-6-12(2)19-16(24)11-22-7-9-23(10-8-22)14(4)17(25)21-18-20-13(3)15(5)26-18/h12,14H,6-11H2,1-5H3,(H,19,24)(H,20,21,25). The van der Waals surface area contributed by atoms with Gasteiger partial charge in [-0.25, -0.2) is 4.98 Å². The number of anilines is 1. The van der Waals surface area contributed by atoms with E-state index in [4.69, 9.17) is 0 Å². The number of rotatable bonds is 7. The van der Waals surface area contributed by atoms with Crippen molar-refractivity contribution in [1.82, 2.24) is 20.1 Å². The lowest BCUT2D eigenvalue weighted by atomic mass is 10.2. The van der Waals surface area contributed by atoms with Crippen LogP contribution in [0.15, 0.2) is 0 Å². The van der Waals surface area contributed by atoms with Crippen molar-refractivity contribution in [2.24, 2.45) is 0 Å². The maximum atomic E-state index is 12.5. The van der Waals surface area contributed by atoms with Gasteiger partial charge in [0.05, 0.1) is 18.3 Å². The third-order valence-electron chi connectivity index (χ3n) is 4.98. The van der Waals surface area contributed by atoms with Crippen LogP contribution in [0.1, 0.15) is 37.8 Å². The van der Waals surface area contributed by atoms with Crippen molar-refractivity contribution >= 4 is 28.3 Å². The maximum absolute atomic E-state index is 12.5. The van der Waals surface area contributed by atoms with E-state index in [9.17, 15) is 9.59 Å². The molecule has 0 radical (unpaired) electrons. The van der Waals surface area contributed by atoms with Gasteiger partial charge < -0.3 is 10.6 Å².